The van der Waals surface area contributed by atoms with Gasteiger partial charge in [-0.1, -0.05) is 13.8 Å². The quantitative estimate of drug-likeness (QED) is 0.668. The first-order chi connectivity index (χ1) is 8.97. The maximum absolute atomic E-state index is 10.6. The van der Waals surface area contributed by atoms with Gasteiger partial charge < -0.3 is 5.73 Å². The van der Waals surface area contributed by atoms with E-state index in [0.717, 1.165) is 0 Å². The van der Waals surface area contributed by atoms with E-state index >= 15 is 0 Å². The third kappa shape index (κ3) is 2.82. The lowest BCUT2D eigenvalue weighted by Gasteiger charge is -2.07. The molecule has 0 saturated heterocycles. The minimum atomic E-state index is -0.453. The Kier molecular flexibility index (Phi) is 3.37. The first-order valence-corrected chi connectivity index (χ1v) is 5.73. The lowest BCUT2D eigenvalue weighted by atomic mass is 10.2. The zero-order chi connectivity index (χ0) is 14.0. The van der Waals surface area contributed by atoms with E-state index in [1.807, 2.05) is 13.8 Å². The molecule has 0 amide bonds. The van der Waals surface area contributed by atoms with E-state index in [2.05, 4.69) is 15.0 Å². The third-order valence-electron chi connectivity index (χ3n) is 2.52. The third-order valence-corrected chi connectivity index (χ3v) is 2.52. The molecule has 0 bridgehead atoms. The van der Waals surface area contributed by atoms with Crippen molar-refractivity contribution < 1.29 is 4.92 Å². The number of hydrogen-bond donors (Lipinski definition) is 1. The Bertz CT molecular complexity index is 610. The largest absolute Gasteiger partial charge is 0.368 e. The molecule has 1 aromatic heterocycles. The number of nitrogen functional groups attached to an aromatic ring is 1. The van der Waals surface area contributed by atoms with Crippen molar-refractivity contribution in [2.24, 2.45) is 0 Å². The van der Waals surface area contributed by atoms with E-state index in [-0.39, 0.29) is 17.6 Å². The molecule has 0 atom stereocenters. The smallest absolute Gasteiger partial charge is 0.269 e. The molecular weight excluding hydrogens is 246 g/mol. The van der Waals surface area contributed by atoms with Gasteiger partial charge in [0.25, 0.3) is 5.69 Å². The van der Waals surface area contributed by atoms with Crippen molar-refractivity contribution in [2.45, 2.75) is 19.8 Å². The van der Waals surface area contributed by atoms with Crippen molar-refractivity contribution in [3.8, 4) is 11.4 Å². The minimum absolute atomic E-state index is 0.0230. The molecule has 0 fully saturated rings. The van der Waals surface area contributed by atoms with Gasteiger partial charge in [-0.25, -0.2) is 4.98 Å². The first-order valence-electron chi connectivity index (χ1n) is 5.73. The van der Waals surface area contributed by atoms with Crippen LogP contribution in [-0.4, -0.2) is 19.9 Å². The minimum Gasteiger partial charge on any atom is -0.368 e. The van der Waals surface area contributed by atoms with E-state index in [0.29, 0.717) is 17.2 Å². The van der Waals surface area contributed by atoms with Crippen molar-refractivity contribution in [1.29, 1.82) is 0 Å². The number of nitrogens with two attached hydrogens (primary N) is 1. The van der Waals surface area contributed by atoms with Crippen LogP contribution in [0.3, 0.4) is 0 Å². The average Bonchev–Trinajstić information content (AvgIpc) is 2.38. The highest BCUT2D eigenvalue weighted by Gasteiger charge is 2.11. The molecule has 0 spiro atoms. The predicted molar refractivity (Wildman–Crippen MR) is 70.4 cm³/mol. The average molecular weight is 259 g/mol. The lowest BCUT2D eigenvalue weighted by Crippen LogP contribution is -2.06. The van der Waals surface area contributed by atoms with Crippen LogP contribution >= 0.6 is 0 Å². The van der Waals surface area contributed by atoms with Crippen LogP contribution < -0.4 is 5.73 Å². The zero-order valence-corrected chi connectivity index (χ0v) is 10.6. The molecule has 7 heteroatoms. The van der Waals surface area contributed by atoms with Crippen LogP contribution in [0.2, 0.25) is 0 Å². The summed E-state index contributed by atoms with van der Waals surface area (Å²) in [6, 6.07) is 6.00. The van der Waals surface area contributed by atoms with Crippen molar-refractivity contribution in [3.63, 3.8) is 0 Å². The van der Waals surface area contributed by atoms with Gasteiger partial charge in [0.1, 0.15) is 5.82 Å². The molecule has 2 aromatic rings. The summed E-state index contributed by atoms with van der Waals surface area (Å²) in [7, 11) is 0. The molecule has 2 rings (SSSR count). The molecule has 0 radical (unpaired) electrons. The Hall–Kier alpha value is -2.57. The number of benzene rings is 1. The van der Waals surface area contributed by atoms with Gasteiger partial charge in [0, 0.05) is 23.6 Å². The fourth-order valence-electron chi connectivity index (χ4n) is 1.53. The van der Waals surface area contributed by atoms with E-state index in [4.69, 9.17) is 5.73 Å². The van der Waals surface area contributed by atoms with Crippen molar-refractivity contribution in [3.05, 3.63) is 40.2 Å². The summed E-state index contributed by atoms with van der Waals surface area (Å²) >= 11 is 0. The summed E-state index contributed by atoms with van der Waals surface area (Å²) in [6.45, 7) is 3.91. The van der Waals surface area contributed by atoms with Crippen LogP contribution in [0, 0.1) is 10.1 Å². The summed E-state index contributed by atoms with van der Waals surface area (Å²) < 4.78 is 0. The Labute approximate surface area is 109 Å². The number of nitro benzene ring substituents is 1. The second kappa shape index (κ2) is 4.97. The van der Waals surface area contributed by atoms with Crippen LogP contribution in [0.4, 0.5) is 11.6 Å². The normalized spacial score (nSPS) is 10.7. The Balaban J connectivity index is 2.43. The van der Waals surface area contributed by atoms with Crippen LogP contribution in [0.25, 0.3) is 11.4 Å². The molecule has 0 aliphatic rings. The highest BCUT2D eigenvalue weighted by Crippen LogP contribution is 2.21. The summed E-state index contributed by atoms with van der Waals surface area (Å²) in [4.78, 5) is 22.5. The van der Waals surface area contributed by atoms with Gasteiger partial charge in [0.05, 0.1) is 4.92 Å². The fourth-order valence-corrected chi connectivity index (χ4v) is 1.53. The summed E-state index contributed by atoms with van der Waals surface area (Å²) in [6.07, 6.45) is 0. The molecule has 98 valence electrons. The van der Waals surface area contributed by atoms with E-state index in [1.165, 1.54) is 12.1 Å². The van der Waals surface area contributed by atoms with Gasteiger partial charge in [-0.05, 0) is 12.1 Å². The maximum atomic E-state index is 10.6. The second-order valence-electron chi connectivity index (χ2n) is 4.33. The second-order valence-corrected chi connectivity index (χ2v) is 4.33. The topological polar surface area (TPSA) is 108 Å². The predicted octanol–water partition coefficient (Wildman–Crippen LogP) is 2.15. The Morgan fingerprint density at radius 1 is 1.16 bits per heavy atom. The van der Waals surface area contributed by atoms with Crippen molar-refractivity contribution >= 4 is 11.6 Å². The molecule has 1 heterocycles. The van der Waals surface area contributed by atoms with Gasteiger partial charge in [-0.2, -0.15) is 9.97 Å². The summed E-state index contributed by atoms with van der Waals surface area (Å²) in [5, 5.41) is 10.6. The molecule has 0 aliphatic heterocycles. The van der Waals surface area contributed by atoms with E-state index in [1.54, 1.807) is 12.1 Å². The maximum Gasteiger partial charge on any atom is 0.269 e. The number of nitrogens with zero attached hydrogens (tertiary/aromatic N) is 4. The van der Waals surface area contributed by atoms with Crippen LogP contribution in [0.5, 0.6) is 0 Å². The van der Waals surface area contributed by atoms with Gasteiger partial charge in [-0.15, -0.1) is 0 Å². The molecule has 0 aliphatic carbocycles. The molecule has 7 nitrogen and oxygen atoms in total. The van der Waals surface area contributed by atoms with E-state index < -0.39 is 4.92 Å². The van der Waals surface area contributed by atoms with Gasteiger partial charge in [-0.3, -0.25) is 10.1 Å². The molecule has 2 N–H and O–H groups in total. The number of anilines is 1. The summed E-state index contributed by atoms with van der Waals surface area (Å²) in [5.41, 5.74) is 6.33. The van der Waals surface area contributed by atoms with Crippen LogP contribution in [0.1, 0.15) is 25.6 Å². The molecule has 1 aromatic carbocycles. The van der Waals surface area contributed by atoms with Crippen LogP contribution in [-0.2, 0) is 0 Å². The lowest BCUT2D eigenvalue weighted by molar-refractivity contribution is -0.384. The first kappa shape index (κ1) is 12.9. The number of rotatable bonds is 3. The molecule has 19 heavy (non-hydrogen) atoms. The summed E-state index contributed by atoms with van der Waals surface area (Å²) in [5.74, 6) is 1.29. The Morgan fingerprint density at radius 2 is 1.79 bits per heavy atom. The number of nitro groups is 1. The SMILES string of the molecule is CC(C)c1nc(N)nc(-c2ccc([N+](=O)[O-])cc2)n1. The number of aromatic nitrogens is 3. The fraction of sp³-hybridized carbons (Fsp3) is 0.250. The number of hydrogen-bond acceptors (Lipinski definition) is 6. The highest BCUT2D eigenvalue weighted by atomic mass is 16.6. The number of non-ortho nitro benzene ring substituents is 1. The molecular formula is C12H13N5O2. The van der Waals surface area contributed by atoms with Gasteiger partial charge >= 0.3 is 0 Å². The highest BCUT2D eigenvalue weighted by molar-refractivity contribution is 5.58. The standard InChI is InChI=1S/C12H13N5O2/c1-7(2)10-14-11(16-12(13)15-10)8-3-5-9(6-4-8)17(18)19/h3-7H,1-2H3,(H2,13,14,15,16). The van der Waals surface area contributed by atoms with Crippen molar-refractivity contribution in [1.82, 2.24) is 15.0 Å². The Morgan fingerprint density at radius 3 is 2.32 bits per heavy atom. The van der Waals surface area contributed by atoms with Crippen molar-refractivity contribution in [2.75, 3.05) is 5.73 Å². The van der Waals surface area contributed by atoms with E-state index in [9.17, 15) is 10.1 Å². The molecule has 0 unspecified atom stereocenters. The van der Waals surface area contributed by atoms with Gasteiger partial charge in [0.2, 0.25) is 5.95 Å². The van der Waals surface area contributed by atoms with Gasteiger partial charge in [0.15, 0.2) is 5.82 Å². The van der Waals surface area contributed by atoms with Crippen LogP contribution in [0.15, 0.2) is 24.3 Å². The zero-order valence-electron chi connectivity index (χ0n) is 10.6. The molecule has 0 saturated carbocycles. The monoisotopic (exact) mass is 259 g/mol.